The number of rotatable bonds is 0. The van der Waals surface area contributed by atoms with Crippen molar-refractivity contribution in [1.29, 1.82) is 0 Å². The van der Waals surface area contributed by atoms with E-state index in [1.807, 2.05) is 20.8 Å². The molecule has 0 fully saturated rings. The fourth-order valence-electron chi connectivity index (χ4n) is 1.34. The Morgan fingerprint density at radius 1 is 1.00 bits per heavy atom. The molecule has 0 aliphatic rings. The third kappa shape index (κ3) is 1.81. The van der Waals surface area contributed by atoms with Gasteiger partial charge in [-0.3, -0.25) is 9.13 Å². The molecular formula is C9H15N3O2S. The Labute approximate surface area is 92.6 Å². The standard InChI is InChI=1S/C9H15N3O2S/c1-9(2,3)12-7(14)10(4)6(13)11(5)8(12)15/h1-5H3. The lowest BCUT2D eigenvalue weighted by atomic mass is 10.1. The van der Waals surface area contributed by atoms with E-state index in [4.69, 9.17) is 12.2 Å². The number of nitrogens with zero attached hydrogens (tertiary/aromatic N) is 3. The Balaban J connectivity index is 3.95. The van der Waals surface area contributed by atoms with Crippen LogP contribution in [0.15, 0.2) is 9.59 Å². The zero-order valence-corrected chi connectivity index (χ0v) is 10.4. The van der Waals surface area contributed by atoms with E-state index >= 15 is 0 Å². The first kappa shape index (κ1) is 11.9. The van der Waals surface area contributed by atoms with Gasteiger partial charge in [-0.05, 0) is 33.0 Å². The zero-order valence-electron chi connectivity index (χ0n) is 9.57. The highest BCUT2D eigenvalue weighted by molar-refractivity contribution is 7.71. The second kappa shape index (κ2) is 3.44. The molecule has 0 bridgehead atoms. The Bertz CT molecular complexity index is 516. The van der Waals surface area contributed by atoms with Crippen molar-refractivity contribution in [3.63, 3.8) is 0 Å². The molecule has 0 aliphatic heterocycles. The van der Waals surface area contributed by atoms with Crippen LogP contribution >= 0.6 is 12.2 Å². The van der Waals surface area contributed by atoms with Crippen LogP contribution in [0.4, 0.5) is 0 Å². The van der Waals surface area contributed by atoms with Crippen LogP contribution in [0.3, 0.4) is 0 Å². The molecule has 0 aromatic carbocycles. The average molecular weight is 229 g/mol. The van der Waals surface area contributed by atoms with Crippen molar-refractivity contribution in [2.75, 3.05) is 0 Å². The molecule has 0 atom stereocenters. The minimum Gasteiger partial charge on any atom is -0.273 e. The van der Waals surface area contributed by atoms with Gasteiger partial charge in [-0.15, -0.1) is 0 Å². The van der Waals surface area contributed by atoms with Gasteiger partial charge in [0.15, 0.2) is 4.77 Å². The second-order valence-corrected chi connectivity index (χ2v) is 4.84. The van der Waals surface area contributed by atoms with E-state index in [2.05, 4.69) is 0 Å². The summed E-state index contributed by atoms with van der Waals surface area (Å²) in [4.78, 5) is 23.4. The quantitative estimate of drug-likeness (QED) is 0.604. The fraction of sp³-hybridized carbons (Fsp3) is 0.667. The Morgan fingerprint density at radius 2 is 1.47 bits per heavy atom. The van der Waals surface area contributed by atoms with E-state index in [1.54, 1.807) is 7.05 Å². The molecule has 1 aromatic heterocycles. The SMILES string of the molecule is Cn1c(=O)n(C)c(=S)n(C(C)(C)C)c1=O. The van der Waals surface area contributed by atoms with Crippen LogP contribution < -0.4 is 11.4 Å². The summed E-state index contributed by atoms with van der Waals surface area (Å²) < 4.78 is 4.03. The van der Waals surface area contributed by atoms with Crippen LogP contribution in [0.5, 0.6) is 0 Å². The van der Waals surface area contributed by atoms with Crippen LogP contribution in [-0.2, 0) is 19.6 Å². The molecule has 6 heteroatoms. The van der Waals surface area contributed by atoms with Gasteiger partial charge < -0.3 is 0 Å². The first-order chi connectivity index (χ1) is 6.68. The molecule has 0 amide bonds. The van der Waals surface area contributed by atoms with Crippen molar-refractivity contribution >= 4 is 12.2 Å². The predicted octanol–water partition coefficient (Wildman–Crippen LogP) is 0.370. The first-order valence-corrected chi connectivity index (χ1v) is 4.98. The van der Waals surface area contributed by atoms with Gasteiger partial charge in [0.2, 0.25) is 0 Å². The van der Waals surface area contributed by atoms with Crippen molar-refractivity contribution in [2.24, 2.45) is 14.1 Å². The lowest BCUT2D eigenvalue weighted by molar-refractivity contribution is 0.342. The second-order valence-electron chi connectivity index (χ2n) is 4.47. The smallest absolute Gasteiger partial charge is 0.273 e. The monoisotopic (exact) mass is 229 g/mol. The maximum atomic E-state index is 11.9. The van der Waals surface area contributed by atoms with E-state index in [0.29, 0.717) is 0 Å². The van der Waals surface area contributed by atoms with E-state index in [1.165, 1.54) is 16.2 Å². The zero-order chi connectivity index (χ0) is 12.0. The summed E-state index contributed by atoms with van der Waals surface area (Å²) >= 11 is 5.09. The third-order valence-corrected chi connectivity index (χ3v) is 2.66. The summed E-state index contributed by atoms with van der Waals surface area (Å²) in [5.74, 6) is 0. The number of aromatic nitrogens is 3. The van der Waals surface area contributed by atoms with Gasteiger partial charge in [0.05, 0.1) is 0 Å². The van der Waals surface area contributed by atoms with Crippen molar-refractivity contribution in [1.82, 2.24) is 13.7 Å². The fourth-order valence-corrected chi connectivity index (χ4v) is 1.77. The lowest BCUT2D eigenvalue weighted by Crippen LogP contribution is -2.48. The third-order valence-electron chi connectivity index (χ3n) is 2.20. The molecule has 0 unspecified atom stereocenters. The van der Waals surface area contributed by atoms with Crippen molar-refractivity contribution in [2.45, 2.75) is 26.3 Å². The van der Waals surface area contributed by atoms with Crippen molar-refractivity contribution in [3.05, 3.63) is 25.7 Å². The highest BCUT2D eigenvalue weighted by atomic mass is 32.1. The largest absolute Gasteiger partial charge is 0.334 e. The van der Waals surface area contributed by atoms with Gasteiger partial charge in [-0.2, -0.15) is 0 Å². The van der Waals surface area contributed by atoms with Crippen LogP contribution in [0.2, 0.25) is 0 Å². The molecule has 15 heavy (non-hydrogen) atoms. The maximum Gasteiger partial charge on any atom is 0.334 e. The van der Waals surface area contributed by atoms with E-state index in [-0.39, 0.29) is 10.5 Å². The van der Waals surface area contributed by atoms with Gasteiger partial charge in [0.1, 0.15) is 0 Å². The minimum atomic E-state index is -0.433. The predicted molar refractivity (Wildman–Crippen MR) is 60.7 cm³/mol. The van der Waals surface area contributed by atoms with Crippen molar-refractivity contribution < 1.29 is 0 Å². The summed E-state index contributed by atoms with van der Waals surface area (Å²) in [5, 5.41) is 0. The molecule has 0 radical (unpaired) electrons. The Morgan fingerprint density at radius 3 is 1.87 bits per heavy atom. The van der Waals surface area contributed by atoms with Crippen LogP contribution in [0.25, 0.3) is 0 Å². The topological polar surface area (TPSA) is 48.9 Å². The molecule has 0 spiro atoms. The van der Waals surface area contributed by atoms with Gasteiger partial charge in [0, 0.05) is 19.6 Å². The summed E-state index contributed by atoms with van der Waals surface area (Å²) in [6.07, 6.45) is 0. The number of hydrogen-bond donors (Lipinski definition) is 0. The van der Waals surface area contributed by atoms with Gasteiger partial charge >= 0.3 is 11.4 Å². The number of hydrogen-bond acceptors (Lipinski definition) is 3. The Kier molecular flexibility index (Phi) is 2.73. The first-order valence-electron chi connectivity index (χ1n) is 4.57. The summed E-state index contributed by atoms with van der Waals surface area (Å²) in [5.41, 5.74) is -1.21. The minimum absolute atomic E-state index is 0.246. The van der Waals surface area contributed by atoms with Gasteiger partial charge in [-0.1, -0.05) is 0 Å². The summed E-state index contributed by atoms with van der Waals surface area (Å²) in [7, 11) is 3.01. The van der Waals surface area contributed by atoms with E-state index in [9.17, 15) is 9.59 Å². The van der Waals surface area contributed by atoms with Crippen molar-refractivity contribution in [3.8, 4) is 0 Å². The molecular weight excluding hydrogens is 214 g/mol. The highest BCUT2D eigenvalue weighted by Gasteiger charge is 2.19. The van der Waals surface area contributed by atoms with Crippen LogP contribution in [0.1, 0.15) is 20.8 Å². The molecule has 0 saturated carbocycles. The van der Waals surface area contributed by atoms with Crippen LogP contribution in [0, 0.1) is 4.77 Å². The summed E-state index contributed by atoms with van der Waals surface area (Å²) in [6, 6.07) is 0. The molecule has 1 rings (SSSR count). The van der Waals surface area contributed by atoms with Gasteiger partial charge in [0.25, 0.3) is 0 Å². The van der Waals surface area contributed by atoms with Gasteiger partial charge in [-0.25, -0.2) is 14.2 Å². The normalized spacial score (nSPS) is 11.8. The molecule has 84 valence electrons. The molecule has 5 nitrogen and oxygen atoms in total. The van der Waals surface area contributed by atoms with E-state index < -0.39 is 11.2 Å². The molecule has 1 heterocycles. The average Bonchev–Trinajstić information content (AvgIpc) is 2.09. The Hall–Kier alpha value is -1.17. The molecule has 0 aliphatic carbocycles. The highest BCUT2D eigenvalue weighted by Crippen LogP contribution is 2.09. The van der Waals surface area contributed by atoms with Crippen LogP contribution in [-0.4, -0.2) is 13.7 Å². The molecule has 0 saturated heterocycles. The summed E-state index contributed by atoms with van der Waals surface area (Å²) in [6.45, 7) is 5.61. The lowest BCUT2D eigenvalue weighted by Gasteiger charge is -2.23. The molecule has 1 aromatic rings. The molecule has 0 N–H and O–H groups in total. The van der Waals surface area contributed by atoms with E-state index in [0.717, 1.165) is 4.57 Å². The maximum absolute atomic E-state index is 11.9.